The van der Waals surface area contributed by atoms with Crippen molar-refractivity contribution in [2.24, 2.45) is 0 Å². The SMILES string of the molecule is COc1c2ccoc2c(C[C@@H]2OC2(C)C)c2oc(=O)ccc12. The van der Waals surface area contributed by atoms with Crippen molar-refractivity contribution >= 4 is 21.9 Å². The van der Waals surface area contributed by atoms with Crippen LogP contribution in [0.4, 0.5) is 0 Å². The maximum Gasteiger partial charge on any atom is 0.336 e. The number of rotatable bonds is 3. The van der Waals surface area contributed by atoms with E-state index in [1.165, 1.54) is 6.07 Å². The van der Waals surface area contributed by atoms with Crippen molar-refractivity contribution in [2.75, 3.05) is 7.11 Å². The van der Waals surface area contributed by atoms with Crippen molar-refractivity contribution in [1.29, 1.82) is 0 Å². The van der Waals surface area contributed by atoms with Gasteiger partial charge in [-0.1, -0.05) is 0 Å². The fourth-order valence-corrected chi connectivity index (χ4v) is 3.00. The van der Waals surface area contributed by atoms with Crippen molar-refractivity contribution in [3.05, 3.63) is 40.4 Å². The van der Waals surface area contributed by atoms with Crippen LogP contribution in [-0.4, -0.2) is 18.8 Å². The molecule has 0 N–H and O–H groups in total. The highest BCUT2D eigenvalue weighted by molar-refractivity contribution is 6.04. The summed E-state index contributed by atoms with van der Waals surface area (Å²) in [5, 5.41) is 1.64. The molecule has 0 saturated carbocycles. The maximum atomic E-state index is 11.7. The van der Waals surface area contributed by atoms with Crippen LogP contribution in [-0.2, 0) is 11.2 Å². The lowest BCUT2D eigenvalue weighted by Crippen LogP contribution is -2.07. The summed E-state index contributed by atoms with van der Waals surface area (Å²) in [5.41, 5.74) is 1.50. The van der Waals surface area contributed by atoms with Gasteiger partial charge in [-0.05, 0) is 26.0 Å². The molecule has 0 unspecified atom stereocenters. The molecule has 3 aromatic rings. The van der Waals surface area contributed by atoms with Crippen LogP contribution in [0.3, 0.4) is 0 Å². The van der Waals surface area contributed by atoms with Crippen LogP contribution in [0, 0.1) is 0 Å². The Bertz CT molecular complexity index is 931. The van der Waals surface area contributed by atoms with Crippen molar-refractivity contribution in [1.82, 2.24) is 0 Å². The van der Waals surface area contributed by atoms with Crippen LogP contribution in [0.1, 0.15) is 19.4 Å². The van der Waals surface area contributed by atoms with E-state index >= 15 is 0 Å². The number of methoxy groups -OCH3 is 1. The Morgan fingerprint density at radius 1 is 1.18 bits per heavy atom. The van der Waals surface area contributed by atoms with Crippen molar-refractivity contribution in [3.8, 4) is 5.75 Å². The Morgan fingerprint density at radius 2 is 1.91 bits per heavy atom. The van der Waals surface area contributed by atoms with Gasteiger partial charge in [0.05, 0.1) is 35.9 Å². The quantitative estimate of drug-likeness (QED) is 0.548. The van der Waals surface area contributed by atoms with Crippen LogP contribution in [0.25, 0.3) is 21.9 Å². The first kappa shape index (κ1) is 13.4. The van der Waals surface area contributed by atoms with Gasteiger partial charge in [-0.2, -0.15) is 0 Å². The highest BCUT2D eigenvalue weighted by Gasteiger charge is 2.48. The van der Waals surface area contributed by atoms with Gasteiger partial charge in [0.2, 0.25) is 0 Å². The van der Waals surface area contributed by atoms with Gasteiger partial charge in [-0.15, -0.1) is 0 Å². The van der Waals surface area contributed by atoms with Gasteiger partial charge in [-0.25, -0.2) is 4.79 Å². The summed E-state index contributed by atoms with van der Waals surface area (Å²) in [6.45, 7) is 4.08. The van der Waals surface area contributed by atoms with E-state index < -0.39 is 5.63 Å². The van der Waals surface area contributed by atoms with Gasteiger partial charge in [0.1, 0.15) is 16.9 Å². The number of hydrogen-bond donors (Lipinski definition) is 0. The number of hydrogen-bond acceptors (Lipinski definition) is 5. The number of fused-ring (bicyclic) bond motifs is 2. The molecule has 1 aliphatic heterocycles. The minimum atomic E-state index is -0.391. The lowest BCUT2D eigenvalue weighted by atomic mass is 9.98. The van der Waals surface area contributed by atoms with E-state index in [0.717, 1.165) is 16.3 Å². The van der Waals surface area contributed by atoms with Crippen molar-refractivity contribution in [3.63, 3.8) is 0 Å². The smallest absolute Gasteiger partial charge is 0.336 e. The summed E-state index contributed by atoms with van der Waals surface area (Å²) in [5.74, 6) is 0.655. The van der Waals surface area contributed by atoms with E-state index in [1.807, 2.05) is 19.9 Å². The highest BCUT2D eigenvalue weighted by Crippen LogP contribution is 2.43. The van der Waals surface area contributed by atoms with Crippen LogP contribution in [0.5, 0.6) is 5.75 Å². The number of ether oxygens (including phenoxy) is 2. The largest absolute Gasteiger partial charge is 0.495 e. The third-order valence-electron chi connectivity index (χ3n) is 4.29. The maximum absolute atomic E-state index is 11.7. The number of benzene rings is 1. The second-order valence-corrected chi connectivity index (χ2v) is 6.09. The van der Waals surface area contributed by atoms with E-state index in [-0.39, 0.29) is 11.7 Å². The van der Waals surface area contributed by atoms with Gasteiger partial charge in [0, 0.05) is 18.1 Å². The van der Waals surface area contributed by atoms with E-state index in [0.29, 0.717) is 23.3 Å². The number of epoxide rings is 1. The fraction of sp³-hybridized carbons (Fsp3) is 0.353. The molecular weight excluding hydrogens is 284 g/mol. The van der Waals surface area contributed by atoms with Gasteiger partial charge in [-0.3, -0.25) is 0 Å². The Kier molecular flexibility index (Phi) is 2.66. The molecule has 114 valence electrons. The van der Waals surface area contributed by atoms with Crippen LogP contribution >= 0.6 is 0 Å². The third kappa shape index (κ3) is 1.85. The Hall–Kier alpha value is -2.27. The van der Waals surface area contributed by atoms with Crippen molar-refractivity contribution < 1.29 is 18.3 Å². The van der Waals surface area contributed by atoms with Crippen LogP contribution in [0.15, 0.2) is 38.1 Å². The normalized spacial score (nSPS) is 19.7. The first-order valence-corrected chi connectivity index (χ1v) is 7.19. The molecule has 0 aliphatic carbocycles. The zero-order valence-electron chi connectivity index (χ0n) is 12.6. The third-order valence-corrected chi connectivity index (χ3v) is 4.29. The van der Waals surface area contributed by atoms with E-state index in [1.54, 1.807) is 19.4 Å². The minimum absolute atomic E-state index is 0.0860. The average Bonchev–Trinajstić information content (AvgIpc) is 2.87. The molecule has 1 saturated heterocycles. The summed E-state index contributed by atoms with van der Waals surface area (Å²) in [7, 11) is 1.60. The molecule has 2 aromatic heterocycles. The molecule has 1 aliphatic rings. The summed E-state index contributed by atoms with van der Waals surface area (Å²) in [6, 6.07) is 4.99. The molecule has 1 aromatic carbocycles. The van der Waals surface area contributed by atoms with Crippen molar-refractivity contribution in [2.45, 2.75) is 32.0 Å². The molecular formula is C17H16O5. The lowest BCUT2D eigenvalue weighted by Gasteiger charge is -2.10. The van der Waals surface area contributed by atoms with Gasteiger partial charge < -0.3 is 18.3 Å². The van der Waals surface area contributed by atoms with E-state index in [2.05, 4.69) is 0 Å². The van der Waals surface area contributed by atoms with E-state index in [4.69, 9.17) is 18.3 Å². The van der Waals surface area contributed by atoms with Gasteiger partial charge in [0.15, 0.2) is 0 Å². The molecule has 1 fully saturated rings. The molecule has 5 nitrogen and oxygen atoms in total. The predicted molar refractivity (Wildman–Crippen MR) is 81.5 cm³/mol. The molecule has 4 rings (SSSR count). The predicted octanol–water partition coefficient (Wildman–Crippen LogP) is 3.27. The summed E-state index contributed by atoms with van der Waals surface area (Å²) >= 11 is 0. The molecule has 1 atom stereocenters. The molecule has 0 spiro atoms. The molecule has 0 radical (unpaired) electrons. The summed E-state index contributed by atoms with van der Waals surface area (Å²) < 4.78 is 22.3. The van der Waals surface area contributed by atoms with Gasteiger partial charge in [0.25, 0.3) is 0 Å². The zero-order chi connectivity index (χ0) is 15.5. The number of furan rings is 1. The fourth-order valence-electron chi connectivity index (χ4n) is 3.00. The molecule has 0 bridgehead atoms. The molecule has 5 heteroatoms. The Morgan fingerprint density at radius 3 is 2.59 bits per heavy atom. The zero-order valence-corrected chi connectivity index (χ0v) is 12.6. The molecule has 22 heavy (non-hydrogen) atoms. The standard InChI is InChI=1S/C17H16O5/c1-17(2)12(22-17)8-11-15-10(6-7-20-15)14(19-3)9-4-5-13(18)21-16(9)11/h4-7,12H,8H2,1-3H3/t12-/m0/s1. The van der Waals surface area contributed by atoms with Crippen LogP contribution in [0.2, 0.25) is 0 Å². The molecule has 0 amide bonds. The van der Waals surface area contributed by atoms with Crippen LogP contribution < -0.4 is 10.4 Å². The summed E-state index contributed by atoms with van der Waals surface area (Å²) in [4.78, 5) is 11.7. The first-order chi connectivity index (χ1) is 10.5. The van der Waals surface area contributed by atoms with Gasteiger partial charge >= 0.3 is 5.63 Å². The monoisotopic (exact) mass is 300 g/mol. The second-order valence-electron chi connectivity index (χ2n) is 6.09. The van der Waals surface area contributed by atoms with E-state index in [9.17, 15) is 4.79 Å². The average molecular weight is 300 g/mol. The Labute approximate surface area is 126 Å². The Balaban J connectivity index is 2.04. The molecule has 3 heterocycles. The highest BCUT2D eigenvalue weighted by atomic mass is 16.6. The minimum Gasteiger partial charge on any atom is -0.495 e. The first-order valence-electron chi connectivity index (χ1n) is 7.19. The topological polar surface area (TPSA) is 65.1 Å². The lowest BCUT2D eigenvalue weighted by molar-refractivity contribution is 0.323. The summed E-state index contributed by atoms with van der Waals surface area (Å²) in [6.07, 6.45) is 2.33. The second kappa shape index (κ2) is 4.36.